The van der Waals surface area contributed by atoms with Gasteiger partial charge in [-0.15, -0.1) is 0 Å². The Hall–Kier alpha value is -2.48. The van der Waals surface area contributed by atoms with Gasteiger partial charge in [-0.25, -0.2) is 9.97 Å². The van der Waals surface area contributed by atoms with Crippen molar-refractivity contribution in [1.29, 1.82) is 0 Å². The van der Waals surface area contributed by atoms with Crippen LogP contribution in [0.3, 0.4) is 0 Å². The Balaban J connectivity index is 1.59. The van der Waals surface area contributed by atoms with Crippen molar-refractivity contribution < 1.29 is 9.72 Å². The zero-order chi connectivity index (χ0) is 20.9. The van der Waals surface area contributed by atoms with E-state index in [0.717, 1.165) is 60.6 Å². The molecule has 0 spiro atoms. The van der Waals surface area contributed by atoms with Crippen LogP contribution in [0, 0.1) is 0 Å². The molecule has 0 radical (unpaired) electrons. The van der Waals surface area contributed by atoms with Crippen LogP contribution in [-0.4, -0.2) is 35.9 Å². The molecule has 0 unspecified atom stereocenters. The maximum absolute atomic E-state index is 13.4. The third kappa shape index (κ3) is 3.14. The van der Waals surface area contributed by atoms with Crippen LogP contribution in [-0.2, 0) is 17.6 Å². The Morgan fingerprint density at radius 1 is 1.06 bits per heavy atom. The number of morpholine rings is 1. The van der Waals surface area contributed by atoms with Gasteiger partial charge < -0.3 is 4.74 Å². The van der Waals surface area contributed by atoms with Crippen molar-refractivity contribution in [3.05, 3.63) is 57.1 Å². The Labute approximate surface area is 188 Å². The van der Waals surface area contributed by atoms with Crippen LogP contribution in [0.4, 0.5) is 5.82 Å². The van der Waals surface area contributed by atoms with Crippen molar-refractivity contribution in [2.75, 3.05) is 31.2 Å². The van der Waals surface area contributed by atoms with E-state index in [9.17, 15) is 4.79 Å². The van der Waals surface area contributed by atoms with Crippen molar-refractivity contribution in [2.24, 2.45) is 0 Å². The standard InChI is InChI=1S/C23H21ClN4O2S/c24-14-5-7-15(8-6-14)28-13-25-19-18-16-3-1-2-4-17(16)21(27-9-11-30-12-10-27)26-22(18)31-20(19)23(28)29/h5-8,13H,1-4,9-12H2/p+1. The minimum atomic E-state index is -0.0422. The number of halogens is 1. The van der Waals surface area contributed by atoms with Gasteiger partial charge in [-0.1, -0.05) is 22.9 Å². The third-order valence-electron chi connectivity index (χ3n) is 6.32. The molecule has 8 heteroatoms. The normalized spacial score (nSPS) is 16.7. The molecule has 6 nitrogen and oxygen atoms in total. The average molecular weight is 454 g/mol. The quantitative estimate of drug-likeness (QED) is 0.463. The number of anilines is 1. The molecular weight excluding hydrogens is 432 g/mol. The molecule has 1 aromatic carbocycles. The third-order valence-corrected chi connectivity index (χ3v) is 7.65. The smallest absolute Gasteiger partial charge is 0.279 e. The van der Waals surface area contributed by atoms with Gasteiger partial charge in [0.25, 0.3) is 11.4 Å². The number of nitrogens with zero attached hydrogens (tertiary/aromatic N) is 3. The monoisotopic (exact) mass is 453 g/mol. The van der Waals surface area contributed by atoms with Gasteiger partial charge >= 0.3 is 0 Å². The largest absolute Gasteiger partial charge is 0.373 e. The summed E-state index contributed by atoms with van der Waals surface area (Å²) in [6.45, 7) is 3.28. The highest BCUT2D eigenvalue weighted by Gasteiger charge is 2.30. The second kappa shape index (κ2) is 7.58. The van der Waals surface area contributed by atoms with Crippen LogP contribution < -0.4 is 15.4 Å². The van der Waals surface area contributed by atoms with E-state index in [0.29, 0.717) is 9.72 Å². The van der Waals surface area contributed by atoms with Crippen molar-refractivity contribution in [3.8, 4) is 5.69 Å². The van der Waals surface area contributed by atoms with Crippen LogP contribution in [0.25, 0.3) is 26.1 Å². The molecule has 1 aliphatic heterocycles. The first-order valence-electron chi connectivity index (χ1n) is 10.7. The number of fused-ring (bicyclic) bond motifs is 5. The van der Waals surface area contributed by atoms with E-state index in [4.69, 9.17) is 21.3 Å². The lowest BCUT2D eigenvalue weighted by Gasteiger charge is -2.25. The molecular formula is C23H22ClN4O2S+. The Bertz CT molecular complexity index is 1360. The van der Waals surface area contributed by atoms with Crippen LogP contribution in [0.2, 0.25) is 5.02 Å². The molecule has 31 heavy (non-hydrogen) atoms. The summed E-state index contributed by atoms with van der Waals surface area (Å²) in [7, 11) is 0. The van der Waals surface area contributed by atoms with E-state index >= 15 is 0 Å². The van der Waals surface area contributed by atoms with Gasteiger partial charge in [0.2, 0.25) is 0 Å². The van der Waals surface area contributed by atoms with Crippen molar-refractivity contribution in [1.82, 2.24) is 9.55 Å². The number of nitrogens with one attached hydrogen (secondary N) is 1. The molecule has 2 aliphatic rings. The second-order valence-electron chi connectivity index (χ2n) is 8.12. The fraction of sp³-hybridized carbons (Fsp3) is 0.348. The molecule has 0 bridgehead atoms. The Kier molecular flexibility index (Phi) is 4.70. The predicted molar refractivity (Wildman–Crippen MR) is 124 cm³/mol. The summed E-state index contributed by atoms with van der Waals surface area (Å²) < 4.78 is 7.85. The minimum absolute atomic E-state index is 0.0422. The second-order valence-corrected chi connectivity index (χ2v) is 9.57. The molecule has 4 heterocycles. The number of ether oxygens (including phenoxy) is 1. The van der Waals surface area contributed by atoms with Gasteiger partial charge in [0.15, 0.2) is 4.83 Å². The Morgan fingerprint density at radius 3 is 2.58 bits per heavy atom. The first-order valence-corrected chi connectivity index (χ1v) is 11.9. The molecule has 1 fully saturated rings. The number of pyridine rings is 1. The maximum atomic E-state index is 13.4. The summed E-state index contributed by atoms with van der Waals surface area (Å²) in [5.41, 5.74) is 4.30. The number of thiophene rings is 1. The zero-order valence-corrected chi connectivity index (χ0v) is 18.6. The zero-order valence-electron chi connectivity index (χ0n) is 17.0. The fourth-order valence-electron chi connectivity index (χ4n) is 4.80. The summed E-state index contributed by atoms with van der Waals surface area (Å²) in [5, 5.41) is 1.77. The van der Waals surface area contributed by atoms with Gasteiger partial charge in [-0.05, 0) is 55.5 Å². The number of H-pyrrole nitrogens is 1. The van der Waals surface area contributed by atoms with Crippen molar-refractivity contribution in [2.45, 2.75) is 25.7 Å². The number of aromatic amines is 1. The molecule has 1 saturated heterocycles. The molecule has 1 aliphatic carbocycles. The number of rotatable bonds is 2. The van der Waals surface area contributed by atoms with Gasteiger partial charge in [-0.3, -0.25) is 14.3 Å². The van der Waals surface area contributed by atoms with Crippen LogP contribution >= 0.6 is 22.9 Å². The molecule has 0 saturated carbocycles. The molecule has 0 amide bonds. The summed E-state index contributed by atoms with van der Waals surface area (Å²) in [4.78, 5) is 25.3. The molecule has 1 N–H and O–H groups in total. The molecule has 4 aromatic rings. The van der Waals surface area contributed by atoms with E-state index < -0.39 is 0 Å². The lowest BCUT2D eigenvalue weighted by molar-refractivity contribution is -0.328. The predicted octanol–water partition coefficient (Wildman–Crippen LogP) is 3.78. The summed E-state index contributed by atoms with van der Waals surface area (Å²) >= 11 is 7.53. The average Bonchev–Trinajstić information content (AvgIpc) is 3.20. The summed E-state index contributed by atoms with van der Waals surface area (Å²) in [6.07, 6.45) is 6.11. The van der Waals surface area contributed by atoms with E-state index in [1.54, 1.807) is 23.0 Å². The van der Waals surface area contributed by atoms with Gasteiger partial charge in [0.1, 0.15) is 29.6 Å². The van der Waals surface area contributed by atoms with Gasteiger partial charge in [0.05, 0.1) is 24.3 Å². The van der Waals surface area contributed by atoms with Gasteiger partial charge in [0, 0.05) is 10.6 Å². The number of aromatic nitrogens is 3. The van der Waals surface area contributed by atoms with Crippen molar-refractivity contribution in [3.63, 3.8) is 0 Å². The first kappa shape index (κ1) is 19.2. The Morgan fingerprint density at radius 2 is 1.81 bits per heavy atom. The highest BCUT2D eigenvalue weighted by atomic mass is 35.5. The molecule has 6 rings (SSSR count). The fourth-order valence-corrected chi connectivity index (χ4v) is 6.04. The topological polar surface area (TPSA) is 61.5 Å². The van der Waals surface area contributed by atoms with Crippen molar-refractivity contribution >= 4 is 49.2 Å². The van der Waals surface area contributed by atoms with Crippen LogP contribution in [0.5, 0.6) is 0 Å². The number of hydrogen-bond acceptors (Lipinski definition) is 5. The summed E-state index contributed by atoms with van der Waals surface area (Å²) in [5.74, 6) is 1.20. The van der Waals surface area contributed by atoms with Gasteiger partial charge in [-0.2, -0.15) is 0 Å². The first-order chi connectivity index (χ1) is 15.2. The lowest BCUT2D eigenvalue weighted by atomic mass is 9.90. The molecule has 158 valence electrons. The highest BCUT2D eigenvalue weighted by molar-refractivity contribution is 7.25. The lowest BCUT2D eigenvalue weighted by Crippen LogP contribution is -2.40. The maximum Gasteiger partial charge on any atom is 0.279 e. The molecule has 3 aromatic heterocycles. The van der Waals surface area contributed by atoms with E-state index in [-0.39, 0.29) is 5.56 Å². The number of hydrogen-bond donors (Lipinski definition) is 0. The van der Waals surface area contributed by atoms with E-state index in [2.05, 4.69) is 9.88 Å². The highest BCUT2D eigenvalue weighted by Crippen LogP contribution is 2.38. The van der Waals surface area contributed by atoms with E-state index in [1.165, 1.54) is 41.1 Å². The molecule has 0 atom stereocenters. The van der Waals surface area contributed by atoms with Crippen LogP contribution in [0.15, 0.2) is 35.4 Å². The van der Waals surface area contributed by atoms with E-state index in [1.807, 2.05) is 12.1 Å². The summed E-state index contributed by atoms with van der Waals surface area (Å²) in [6, 6.07) is 7.26. The van der Waals surface area contributed by atoms with Crippen LogP contribution in [0.1, 0.15) is 24.0 Å². The number of aryl methyl sites for hydroxylation is 1. The SMILES string of the molecule is O=c1c2sc3[nH+]c(N4CCOCC4)c4c(c3c2ncn1-c1ccc(Cl)cc1)CCCC4. The number of benzene rings is 1. The minimum Gasteiger partial charge on any atom is -0.373 e.